The minimum Gasteiger partial charge on any atom is -0.507 e. The van der Waals surface area contributed by atoms with Crippen molar-refractivity contribution in [3.8, 4) is 22.8 Å². The van der Waals surface area contributed by atoms with Crippen LogP contribution in [0.3, 0.4) is 0 Å². The zero-order valence-electron chi connectivity index (χ0n) is 18.4. The molecular formula is C24H25ClN2O7. The van der Waals surface area contributed by atoms with E-state index in [-0.39, 0.29) is 28.0 Å². The third-order valence-electron chi connectivity index (χ3n) is 6.04. The van der Waals surface area contributed by atoms with Crippen LogP contribution in [0, 0.1) is 0 Å². The van der Waals surface area contributed by atoms with Gasteiger partial charge < -0.3 is 35.1 Å². The summed E-state index contributed by atoms with van der Waals surface area (Å²) < 4.78 is 11.7. The van der Waals surface area contributed by atoms with Gasteiger partial charge in [0.2, 0.25) is 0 Å². The molecule has 180 valence electrons. The maximum atomic E-state index is 13.0. The number of likely N-dealkylation sites (N-methyl/N-ethyl adjacent to an activating group) is 1. The predicted molar refractivity (Wildman–Crippen MR) is 126 cm³/mol. The molecule has 0 amide bonds. The van der Waals surface area contributed by atoms with Crippen LogP contribution in [0.2, 0.25) is 5.02 Å². The molecule has 0 spiro atoms. The Labute approximate surface area is 199 Å². The van der Waals surface area contributed by atoms with Crippen molar-refractivity contribution in [2.75, 3.05) is 26.7 Å². The van der Waals surface area contributed by atoms with Crippen molar-refractivity contribution in [3.05, 3.63) is 57.2 Å². The number of phenolic OH excluding ortho intramolecular Hbond substituents is 2. The van der Waals surface area contributed by atoms with E-state index in [2.05, 4.69) is 0 Å². The first-order chi connectivity index (χ1) is 16.2. The fourth-order valence-electron chi connectivity index (χ4n) is 4.31. The van der Waals surface area contributed by atoms with E-state index in [1.165, 1.54) is 6.07 Å². The number of ether oxygens (including phenoxy) is 1. The molecule has 2 heterocycles. The predicted octanol–water partition coefficient (Wildman–Crippen LogP) is 2.18. The lowest BCUT2D eigenvalue weighted by atomic mass is 9.85. The van der Waals surface area contributed by atoms with Crippen LogP contribution in [-0.4, -0.2) is 65.1 Å². The van der Waals surface area contributed by atoms with Crippen molar-refractivity contribution < 1.29 is 29.3 Å². The van der Waals surface area contributed by atoms with Gasteiger partial charge in [0.05, 0.1) is 11.6 Å². The normalized spacial score (nSPS) is 19.8. The van der Waals surface area contributed by atoms with Crippen LogP contribution in [0.1, 0.15) is 17.9 Å². The molecule has 2 unspecified atom stereocenters. The second kappa shape index (κ2) is 9.63. The van der Waals surface area contributed by atoms with Crippen molar-refractivity contribution >= 4 is 28.5 Å². The van der Waals surface area contributed by atoms with Gasteiger partial charge in [-0.2, -0.15) is 0 Å². The molecule has 3 atom stereocenters. The van der Waals surface area contributed by atoms with Gasteiger partial charge in [0.15, 0.2) is 5.43 Å². The van der Waals surface area contributed by atoms with Crippen molar-refractivity contribution in [3.63, 3.8) is 0 Å². The monoisotopic (exact) mass is 488 g/mol. The van der Waals surface area contributed by atoms with Gasteiger partial charge in [-0.15, -0.1) is 0 Å². The summed E-state index contributed by atoms with van der Waals surface area (Å²) in [5, 5.41) is 30.8. The third kappa shape index (κ3) is 4.47. The lowest BCUT2D eigenvalue weighted by Crippen LogP contribution is -2.46. The maximum absolute atomic E-state index is 13.0. The number of benzene rings is 2. The number of aliphatic hydroxyl groups is 1. The van der Waals surface area contributed by atoms with Gasteiger partial charge in [-0.1, -0.05) is 23.7 Å². The highest BCUT2D eigenvalue weighted by Crippen LogP contribution is 2.43. The molecule has 1 aliphatic rings. The number of phenols is 2. The Hall–Kier alpha value is -3.11. The lowest BCUT2D eigenvalue weighted by Gasteiger charge is -2.37. The van der Waals surface area contributed by atoms with Crippen molar-refractivity contribution in [2.24, 2.45) is 5.73 Å². The molecule has 1 saturated heterocycles. The van der Waals surface area contributed by atoms with Crippen LogP contribution in [0.15, 0.2) is 45.6 Å². The molecule has 2 aromatic carbocycles. The molecule has 0 saturated carbocycles. The summed E-state index contributed by atoms with van der Waals surface area (Å²) in [5.74, 6) is -1.92. The minimum atomic E-state index is -1.21. The molecule has 0 radical (unpaired) electrons. The topological polar surface area (TPSA) is 146 Å². The molecule has 34 heavy (non-hydrogen) atoms. The number of piperidine rings is 1. The van der Waals surface area contributed by atoms with Gasteiger partial charge in [-0.25, -0.2) is 0 Å². The van der Waals surface area contributed by atoms with Crippen LogP contribution in [0.4, 0.5) is 0 Å². The number of fused-ring (bicyclic) bond motifs is 1. The molecule has 1 aromatic heterocycles. The zero-order chi connectivity index (χ0) is 24.6. The van der Waals surface area contributed by atoms with Crippen LogP contribution >= 0.6 is 11.6 Å². The molecule has 4 rings (SSSR count). The van der Waals surface area contributed by atoms with Crippen LogP contribution in [0.25, 0.3) is 22.3 Å². The Kier molecular flexibility index (Phi) is 6.81. The molecule has 0 bridgehead atoms. The summed E-state index contributed by atoms with van der Waals surface area (Å²) in [6, 6.07) is 7.93. The van der Waals surface area contributed by atoms with Gasteiger partial charge in [-0.3, -0.25) is 9.59 Å². The van der Waals surface area contributed by atoms with Crippen LogP contribution < -0.4 is 11.2 Å². The minimum absolute atomic E-state index is 0.0121. The van der Waals surface area contributed by atoms with E-state index in [1.54, 1.807) is 24.3 Å². The number of halogens is 1. The molecule has 9 nitrogen and oxygen atoms in total. The Morgan fingerprint density at radius 2 is 2.03 bits per heavy atom. The molecule has 0 aliphatic carbocycles. The zero-order valence-corrected chi connectivity index (χ0v) is 19.2. The Morgan fingerprint density at radius 1 is 1.29 bits per heavy atom. The van der Waals surface area contributed by atoms with E-state index in [4.69, 9.17) is 26.5 Å². The average Bonchev–Trinajstić information content (AvgIpc) is 2.79. The van der Waals surface area contributed by atoms with E-state index < -0.39 is 41.8 Å². The first-order valence-electron chi connectivity index (χ1n) is 10.7. The fourth-order valence-corrected chi connectivity index (χ4v) is 4.53. The van der Waals surface area contributed by atoms with Gasteiger partial charge in [0, 0.05) is 35.7 Å². The summed E-state index contributed by atoms with van der Waals surface area (Å²) in [5.41, 5.74) is 5.80. The standard InChI is InChI=1S/C24H25ClN2O7/c1-27-7-6-13(20(10-27)34-24(32)15(26)11-28)21-16(29)8-17(30)22-18(31)9-19(33-23(21)22)12-4-2-3-5-14(12)25/h2-5,8-9,13,15,20,28-30H,6-7,10-11,26H2,1H3/t13?,15-,20?/m0/s1. The molecule has 1 fully saturated rings. The second-order valence-corrected chi connectivity index (χ2v) is 8.82. The Bertz CT molecular complexity index is 1290. The Balaban J connectivity index is 1.90. The average molecular weight is 489 g/mol. The second-order valence-electron chi connectivity index (χ2n) is 8.41. The first-order valence-corrected chi connectivity index (χ1v) is 11.1. The number of nitrogens with two attached hydrogens (primary N) is 1. The number of aromatic hydroxyl groups is 2. The number of hydrogen-bond acceptors (Lipinski definition) is 9. The maximum Gasteiger partial charge on any atom is 0.325 e. The van der Waals surface area contributed by atoms with E-state index in [1.807, 2.05) is 11.9 Å². The quantitative estimate of drug-likeness (QED) is 0.397. The summed E-state index contributed by atoms with van der Waals surface area (Å²) >= 11 is 6.30. The molecule has 10 heteroatoms. The van der Waals surface area contributed by atoms with E-state index in [0.29, 0.717) is 30.1 Å². The summed E-state index contributed by atoms with van der Waals surface area (Å²) in [6.45, 7) is 0.362. The van der Waals surface area contributed by atoms with Gasteiger partial charge >= 0.3 is 5.97 Å². The smallest absolute Gasteiger partial charge is 0.325 e. The third-order valence-corrected chi connectivity index (χ3v) is 6.37. The number of aliphatic hydroxyl groups excluding tert-OH is 1. The highest BCUT2D eigenvalue weighted by molar-refractivity contribution is 6.33. The van der Waals surface area contributed by atoms with Crippen molar-refractivity contribution in [2.45, 2.75) is 24.5 Å². The van der Waals surface area contributed by atoms with E-state index in [0.717, 1.165) is 6.07 Å². The van der Waals surface area contributed by atoms with Gasteiger partial charge in [-0.05, 0) is 32.1 Å². The Morgan fingerprint density at radius 3 is 2.74 bits per heavy atom. The number of carbonyl (C=O) groups is 1. The van der Waals surface area contributed by atoms with Crippen molar-refractivity contribution in [1.82, 2.24) is 4.90 Å². The molecule has 5 N–H and O–H groups in total. The lowest BCUT2D eigenvalue weighted by molar-refractivity contribution is -0.155. The summed E-state index contributed by atoms with van der Waals surface area (Å²) in [6.07, 6.45) is -0.298. The van der Waals surface area contributed by atoms with Gasteiger partial charge in [0.25, 0.3) is 0 Å². The number of rotatable bonds is 5. The van der Waals surface area contributed by atoms with Crippen molar-refractivity contribution in [1.29, 1.82) is 0 Å². The molecule has 1 aliphatic heterocycles. The fraction of sp³-hybridized carbons (Fsp3) is 0.333. The first kappa shape index (κ1) is 24.0. The van der Waals surface area contributed by atoms with Crippen LogP contribution in [-0.2, 0) is 9.53 Å². The summed E-state index contributed by atoms with van der Waals surface area (Å²) in [4.78, 5) is 27.3. The van der Waals surface area contributed by atoms with Crippen LogP contribution in [0.5, 0.6) is 11.5 Å². The number of nitrogens with zero attached hydrogens (tertiary/aromatic N) is 1. The van der Waals surface area contributed by atoms with Gasteiger partial charge in [0.1, 0.15) is 40.4 Å². The molecule has 3 aromatic rings. The summed E-state index contributed by atoms with van der Waals surface area (Å²) in [7, 11) is 1.85. The number of carbonyl (C=O) groups excluding carboxylic acids is 1. The SMILES string of the molecule is CN1CCC(c2c(O)cc(O)c3c(=O)cc(-c4ccccc4Cl)oc23)C(OC(=O)[C@@H](N)CO)C1. The highest BCUT2D eigenvalue weighted by Gasteiger charge is 2.37. The van der Waals surface area contributed by atoms with E-state index >= 15 is 0 Å². The highest BCUT2D eigenvalue weighted by atomic mass is 35.5. The number of likely N-dealkylation sites (tertiary alicyclic amines) is 1. The largest absolute Gasteiger partial charge is 0.507 e. The number of esters is 1. The number of hydrogen-bond donors (Lipinski definition) is 4. The van der Waals surface area contributed by atoms with E-state index in [9.17, 15) is 24.9 Å². The molecular weight excluding hydrogens is 464 g/mol.